The predicted molar refractivity (Wildman–Crippen MR) is 73.7 cm³/mol. The first-order chi connectivity index (χ1) is 9.54. The molecule has 0 bridgehead atoms. The van der Waals surface area contributed by atoms with Gasteiger partial charge in [-0.3, -0.25) is 9.89 Å². The Morgan fingerprint density at radius 2 is 2.15 bits per heavy atom. The molecular formula is C13H13F2N3OS. The Morgan fingerprint density at radius 1 is 1.35 bits per heavy atom. The first-order valence-electron chi connectivity index (χ1n) is 5.94. The number of aryl methyl sites for hydroxylation is 1. The highest BCUT2D eigenvalue weighted by atomic mass is 32.2. The molecule has 0 aliphatic carbocycles. The normalized spacial score (nSPS) is 10.6. The number of aromatic nitrogens is 2. The summed E-state index contributed by atoms with van der Waals surface area (Å²) in [6.07, 6.45) is 0.259. The number of halogens is 2. The maximum Gasteiger partial charge on any atom is 0.226 e. The lowest BCUT2D eigenvalue weighted by atomic mass is 10.3. The Kier molecular flexibility index (Phi) is 4.73. The number of rotatable bonds is 5. The summed E-state index contributed by atoms with van der Waals surface area (Å²) >= 11 is 1.29. The van der Waals surface area contributed by atoms with Gasteiger partial charge in [-0.15, -0.1) is 11.8 Å². The van der Waals surface area contributed by atoms with Crippen LogP contribution in [0, 0.1) is 18.6 Å². The van der Waals surface area contributed by atoms with E-state index in [4.69, 9.17) is 0 Å². The second kappa shape index (κ2) is 6.51. The number of hydrogen-bond donors (Lipinski definition) is 2. The van der Waals surface area contributed by atoms with Crippen LogP contribution in [0.25, 0.3) is 0 Å². The molecule has 1 aromatic carbocycles. The van der Waals surface area contributed by atoms with Gasteiger partial charge >= 0.3 is 0 Å². The minimum atomic E-state index is -0.883. The van der Waals surface area contributed by atoms with Gasteiger partial charge in [0.15, 0.2) is 17.5 Å². The van der Waals surface area contributed by atoms with E-state index in [0.29, 0.717) is 16.5 Å². The Balaban J connectivity index is 1.77. The van der Waals surface area contributed by atoms with Crippen molar-refractivity contribution in [1.82, 2.24) is 10.2 Å². The molecule has 2 rings (SSSR count). The van der Waals surface area contributed by atoms with E-state index in [0.717, 1.165) is 17.8 Å². The molecule has 2 aromatic rings. The second-order valence-electron chi connectivity index (χ2n) is 4.16. The van der Waals surface area contributed by atoms with Crippen LogP contribution in [0.1, 0.15) is 12.1 Å². The molecule has 106 valence electrons. The molecule has 1 aromatic heterocycles. The largest absolute Gasteiger partial charge is 0.309 e. The van der Waals surface area contributed by atoms with Gasteiger partial charge in [0.25, 0.3) is 0 Å². The van der Waals surface area contributed by atoms with Crippen LogP contribution in [0.5, 0.6) is 0 Å². The predicted octanol–water partition coefficient (Wildman–Crippen LogP) is 3.12. The highest BCUT2D eigenvalue weighted by molar-refractivity contribution is 7.99. The van der Waals surface area contributed by atoms with Crippen molar-refractivity contribution in [3.05, 3.63) is 41.6 Å². The van der Waals surface area contributed by atoms with Crippen LogP contribution in [0.4, 0.5) is 14.6 Å². The second-order valence-corrected chi connectivity index (χ2v) is 5.33. The Labute approximate surface area is 119 Å². The summed E-state index contributed by atoms with van der Waals surface area (Å²) in [5.41, 5.74) is 0.858. The number of nitrogens with zero attached hydrogens (tertiary/aromatic N) is 1. The molecule has 0 aliphatic rings. The number of nitrogens with one attached hydrogen (secondary N) is 2. The van der Waals surface area contributed by atoms with Gasteiger partial charge in [-0.25, -0.2) is 8.78 Å². The molecule has 0 saturated carbocycles. The van der Waals surface area contributed by atoms with Crippen LogP contribution in [-0.2, 0) is 4.79 Å². The summed E-state index contributed by atoms with van der Waals surface area (Å²) in [5.74, 6) is -0.982. The SMILES string of the molecule is Cc1cc(NC(=O)CCSc2ccc(F)c(F)c2)n[nH]1. The summed E-state index contributed by atoms with van der Waals surface area (Å²) in [5, 5.41) is 9.25. The summed E-state index contributed by atoms with van der Waals surface area (Å²) in [4.78, 5) is 12.2. The Hall–Kier alpha value is -1.89. The third kappa shape index (κ3) is 4.06. The zero-order valence-electron chi connectivity index (χ0n) is 10.7. The van der Waals surface area contributed by atoms with Gasteiger partial charge in [-0.1, -0.05) is 0 Å². The summed E-state index contributed by atoms with van der Waals surface area (Å²) in [6, 6.07) is 5.40. The average molecular weight is 297 g/mol. The first kappa shape index (κ1) is 14.5. The molecule has 1 amide bonds. The molecule has 4 nitrogen and oxygen atoms in total. The van der Waals surface area contributed by atoms with Crippen molar-refractivity contribution in [2.24, 2.45) is 0 Å². The van der Waals surface area contributed by atoms with Crippen molar-refractivity contribution in [1.29, 1.82) is 0 Å². The molecule has 0 spiro atoms. The van der Waals surface area contributed by atoms with Crippen molar-refractivity contribution in [2.75, 3.05) is 11.1 Å². The molecule has 2 N–H and O–H groups in total. The van der Waals surface area contributed by atoms with E-state index in [1.807, 2.05) is 6.92 Å². The Morgan fingerprint density at radius 3 is 2.80 bits per heavy atom. The summed E-state index contributed by atoms with van der Waals surface area (Å²) < 4.78 is 25.7. The first-order valence-corrected chi connectivity index (χ1v) is 6.93. The van der Waals surface area contributed by atoms with Gasteiger partial charge in [0.2, 0.25) is 5.91 Å². The maximum absolute atomic E-state index is 13.0. The van der Waals surface area contributed by atoms with Gasteiger partial charge in [0.05, 0.1) is 0 Å². The molecule has 20 heavy (non-hydrogen) atoms. The van der Waals surface area contributed by atoms with Gasteiger partial charge < -0.3 is 5.32 Å². The summed E-state index contributed by atoms with van der Waals surface area (Å²) in [6.45, 7) is 1.83. The lowest BCUT2D eigenvalue weighted by molar-refractivity contribution is -0.115. The maximum atomic E-state index is 13.0. The molecule has 0 saturated heterocycles. The highest BCUT2D eigenvalue weighted by Gasteiger charge is 2.07. The quantitative estimate of drug-likeness (QED) is 0.834. The van der Waals surface area contributed by atoms with Crippen molar-refractivity contribution < 1.29 is 13.6 Å². The number of benzene rings is 1. The molecule has 0 unspecified atom stereocenters. The number of amides is 1. The van der Waals surface area contributed by atoms with E-state index in [1.165, 1.54) is 17.8 Å². The van der Waals surface area contributed by atoms with E-state index in [-0.39, 0.29) is 12.3 Å². The molecule has 7 heteroatoms. The number of H-pyrrole nitrogens is 1. The van der Waals surface area contributed by atoms with E-state index >= 15 is 0 Å². The van der Waals surface area contributed by atoms with Crippen LogP contribution in [0.15, 0.2) is 29.2 Å². The third-order valence-corrected chi connectivity index (χ3v) is 3.46. The standard InChI is InChI=1S/C13H13F2N3OS/c1-8-6-12(18-17-8)16-13(19)4-5-20-9-2-3-10(14)11(15)7-9/h2-3,6-7H,4-5H2,1H3,(H2,16,17,18,19). The smallest absolute Gasteiger partial charge is 0.226 e. The van der Waals surface area contributed by atoms with Crippen molar-refractivity contribution in [2.45, 2.75) is 18.2 Å². The van der Waals surface area contributed by atoms with E-state index < -0.39 is 11.6 Å². The lowest BCUT2D eigenvalue weighted by Crippen LogP contribution is -2.12. The number of carbonyl (C=O) groups is 1. The van der Waals surface area contributed by atoms with Crippen molar-refractivity contribution >= 4 is 23.5 Å². The van der Waals surface area contributed by atoms with Crippen LogP contribution in [0.3, 0.4) is 0 Å². The summed E-state index contributed by atoms with van der Waals surface area (Å²) in [7, 11) is 0. The van der Waals surface area contributed by atoms with Gasteiger partial charge in [0.1, 0.15) is 0 Å². The molecule has 0 aliphatic heterocycles. The topological polar surface area (TPSA) is 57.8 Å². The molecule has 0 atom stereocenters. The molecular weight excluding hydrogens is 284 g/mol. The Bertz CT molecular complexity index is 615. The molecule has 0 radical (unpaired) electrons. The van der Waals surface area contributed by atoms with Crippen LogP contribution in [-0.4, -0.2) is 21.9 Å². The lowest BCUT2D eigenvalue weighted by Gasteiger charge is -2.03. The van der Waals surface area contributed by atoms with Gasteiger partial charge in [0, 0.05) is 28.8 Å². The fourth-order valence-electron chi connectivity index (χ4n) is 1.52. The number of aromatic amines is 1. The zero-order chi connectivity index (χ0) is 14.5. The minimum absolute atomic E-state index is 0.174. The highest BCUT2D eigenvalue weighted by Crippen LogP contribution is 2.21. The van der Waals surface area contributed by atoms with Crippen LogP contribution in [0.2, 0.25) is 0 Å². The van der Waals surface area contributed by atoms with Gasteiger partial charge in [-0.05, 0) is 25.1 Å². The number of thioether (sulfide) groups is 1. The van der Waals surface area contributed by atoms with Crippen LogP contribution >= 0.6 is 11.8 Å². The van der Waals surface area contributed by atoms with E-state index in [9.17, 15) is 13.6 Å². The zero-order valence-corrected chi connectivity index (χ0v) is 11.6. The fourth-order valence-corrected chi connectivity index (χ4v) is 2.39. The number of carbonyl (C=O) groups excluding carboxylic acids is 1. The monoisotopic (exact) mass is 297 g/mol. The minimum Gasteiger partial charge on any atom is -0.309 e. The van der Waals surface area contributed by atoms with Crippen molar-refractivity contribution in [3.8, 4) is 0 Å². The fraction of sp³-hybridized carbons (Fsp3) is 0.231. The average Bonchev–Trinajstić information content (AvgIpc) is 2.79. The number of anilines is 1. The van der Waals surface area contributed by atoms with Crippen LogP contribution < -0.4 is 5.32 Å². The molecule has 1 heterocycles. The van der Waals surface area contributed by atoms with E-state index in [1.54, 1.807) is 6.07 Å². The third-order valence-electron chi connectivity index (χ3n) is 2.46. The van der Waals surface area contributed by atoms with E-state index in [2.05, 4.69) is 15.5 Å². The van der Waals surface area contributed by atoms with Crippen molar-refractivity contribution in [3.63, 3.8) is 0 Å². The molecule has 0 fully saturated rings. The number of hydrogen-bond acceptors (Lipinski definition) is 3. The van der Waals surface area contributed by atoms with Gasteiger partial charge in [-0.2, -0.15) is 5.10 Å².